The lowest BCUT2D eigenvalue weighted by molar-refractivity contribution is -0.269. The number of carbonyl (C=O) groups is 1. The van der Waals surface area contributed by atoms with Crippen LogP contribution in [0.2, 0.25) is 0 Å². The maximum atomic E-state index is 13.4. The molecule has 23 heteroatoms. The van der Waals surface area contributed by atoms with Crippen LogP contribution in [0.1, 0.15) is 110 Å². The van der Waals surface area contributed by atoms with Crippen LogP contribution >= 0.6 is 15.6 Å². The third-order valence-electron chi connectivity index (χ3n) is 9.77. The Balaban J connectivity index is 1.58. The van der Waals surface area contributed by atoms with Gasteiger partial charge in [-0.2, -0.15) is 4.31 Å². The van der Waals surface area contributed by atoms with Crippen LogP contribution in [0.25, 0.3) is 0 Å². The Labute approximate surface area is 330 Å². The highest BCUT2D eigenvalue weighted by Crippen LogP contribution is 2.57. The van der Waals surface area contributed by atoms with Gasteiger partial charge in [0.15, 0.2) is 24.7 Å². The minimum atomic E-state index is -5.52. The monoisotopic (exact) mass is 861 g/mol. The number of hydrogen-bond acceptors (Lipinski definition) is 16. The van der Waals surface area contributed by atoms with Crippen LogP contribution in [0.5, 0.6) is 0 Å². The first-order valence-corrected chi connectivity index (χ1v) is 22.6. The molecule has 0 amide bonds. The van der Waals surface area contributed by atoms with Crippen LogP contribution in [0.4, 0.5) is 0 Å². The highest BCUT2D eigenvalue weighted by Gasteiger charge is 2.50. The van der Waals surface area contributed by atoms with Crippen LogP contribution in [-0.2, 0) is 41.7 Å². The lowest BCUT2D eigenvalue weighted by atomic mass is 9.96. The number of esters is 1. The molecule has 11 atom stereocenters. The number of unbranched alkanes of at least 4 members (excludes halogenated alkanes) is 13. The molecule has 2 saturated heterocycles. The lowest BCUT2D eigenvalue weighted by Crippen LogP contribution is -2.65. The third kappa shape index (κ3) is 16.6. The molecule has 0 saturated carbocycles. The number of nitrogens with zero attached hydrogens (tertiary/aromatic N) is 1. The van der Waals surface area contributed by atoms with Gasteiger partial charge in [0, 0.05) is 12.3 Å². The zero-order valence-electron chi connectivity index (χ0n) is 32.4. The van der Waals surface area contributed by atoms with Crippen LogP contribution < -0.4 is 16.6 Å². The van der Waals surface area contributed by atoms with E-state index in [0.29, 0.717) is 6.54 Å². The van der Waals surface area contributed by atoms with Crippen LogP contribution in [0.3, 0.4) is 0 Å². The summed E-state index contributed by atoms with van der Waals surface area (Å²) in [7, 11) is -11.0. The van der Waals surface area contributed by atoms with Crippen molar-refractivity contribution < 1.29 is 76.8 Å². The zero-order valence-corrected chi connectivity index (χ0v) is 34.2. The molecule has 0 bridgehead atoms. The predicted molar refractivity (Wildman–Crippen MR) is 200 cm³/mol. The Kier molecular flexibility index (Phi) is 21.1. The molecule has 2 fully saturated rings. The number of aliphatic hydroxyl groups excluding tert-OH is 4. The molecule has 0 radical (unpaired) electrons. The number of aliphatic hydroxyl groups is 4. The summed E-state index contributed by atoms with van der Waals surface area (Å²) in [4.78, 5) is 67.0. The molecular formula is C34H61N3O18P2. The van der Waals surface area contributed by atoms with E-state index in [2.05, 4.69) is 21.1 Å². The Bertz CT molecular complexity index is 1560. The standard InChI is InChI=1S/C34H61N3O18P2/c1-3-4-5-6-7-8-9-10-11-12-13-14-15-16-18-35-26-30(27(40)23(20-38)53-33(26)43)51-22(2)32(42)54-29-24(21-50-57(48,49)55-56(45,46)47)52-31(28(29)41)37-19-17-25(39)36-34(37)44/h17,19,22-24,26-31,33,35,38,40-41,43H,3-16,18,20-21H2,1-2H3,(H,48,49)(H,36,39,44)(H2,45,46,47)/t22?,23-,24-,26-,27-,28-,29-,30-,31-,33+/m1/s1. The van der Waals surface area contributed by atoms with E-state index in [0.717, 1.165) is 48.9 Å². The van der Waals surface area contributed by atoms with E-state index < -0.39 is 107 Å². The maximum absolute atomic E-state index is 13.4. The quantitative estimate of drug-likeness (QED) is 0.0341. The third-order valence-corrected chi connectivity index (χ3v) is 11.9. The summed E-state index contributed by atoms with van der Waals surface area (Å²) in [5, 5.41) is 45.8. The first-order valence-electron chi connectivity index (χ1n) is 19.6. The molecule has 2 aliphatic rings. The molecule has 2 aliphatic heterocycles. The molecule has 0 aliphatic carbocycles. The van der Waals surface area contributed by atoms with Crippen molar-refractivity contribution in [1.29, 1.82) is 0 Å². The summed E-state index contributed by atoms with van der Waals surface area (Å²) in [5.41, 5.74) is -1.84. The first-order chi connectivity index (χ1) is 27.0. The van der Waals surface area contributed by atoms with Crippen LogP contribution in [-0.4, -0.2) is 125 Å². The second kappa shape index (κ2) is 24.4. The van der Waals surface area contributed by atoms with Gasteiger partial charge in [0.2, 0.25) is 0 Å². The Morgan fingerprint density at radius 3 is 2.00 bits per heavy atom. The Morgan fingerprint density at radius 2 is 1.46 bits per heavy atom. The summed E-state index contributed by atoms with van der Waals surface area (Å²) in [6.07, 6.45) is 3.08. The topological polar surface area (TPSA) is 315 Å². The number of phosphoric acid groups is 2. The summed E-state index contributed by atoms with van der Waals surface area (Å²) >= 11 is 0. The molecule has 3 rings (SSSR count). The van der Waals surface area contributed by atoms with Crippen molar-refractivity contribution in [3.05, 3.63) is 33.1 Å². The molecule has 0 aromatic carbocycles. The molecule has 330 valence electrons. The second-order valence-corrected chi connectivity index (χ2v) is 17.2. The van der Waals surface area contributed by atoms with Gasteiger partial charge in [-0.15, -0.1) is 0 Å². The predicted octanol–water partition coefficient (Wildman–Crippen LogP) is 1.22. The van der Waals surface area contributed by atoms with Crippen molar-refractivity contribution in [2.45, 2.75) is 165 Å². The van der Waals surface area contributed by atoms with Crippen molar-refractivity contribution in [2.75, 3.05) is 19.8 Å². The van der Waals surface area contributed by atoms with E-state index in [1.807, 2.05) is 4.98 Å². The number of ether oxygens (including phenoxy) is 4. The zero-order chi connectivity index (χ0) is 42.2. The van der Waals surface area contributed by atoms with Gasteiger partial charge in [-0.25, -0.2) is 18.7 Å². The number of aromatic nitrogens is 2. The molecule has 21 nitrogen and oxygen atoms in total. The summed E-state index contributed by atoms with van der Waals surface area (Å²) in [5.74, 6) is -1.19. The Morgan fingerprint density at radius 1 is 0.877 bits per heavy atom. The largest absolute Gasteiger partial charge is 0.481 e. The van der Waals surface area contributed by atoms with Crippen molar-refractivity contribution in [2.24, 2.45) is 0 Å². The lowest BCUT2D eigenvalue weighted by Gasteiger charge is -2.43. The molecule has 1 aromatic heterocycles. The molecule has 9 N–H and O–H groups in total. The molecule has 0 spiro atoms. The average molecular weight is 862 g/mol. The number of carbonyl (C=O) groups excluding carboxylic acids is 1. The molecule has 3 heterocycles. The minimum absolute atomic E-state index is 0.400. The summed E-state index contributed by atoms with van der Waals surface area (Å²) in [6, 6.07) is -0.142. The SMILES string of the molecule is CCCCCCCCCCCCCCCCN[C@@H]1[C@@H](OC(C)C(=O)O[C@H]2[C@@H](O)[C@H](n3ccc(=O)[nH]c3=O)O[C@@H]2COP(=O)(O)OP(=O)(O)O)[C@H](O)[C@@H](CO)O[C@@H]1O. The van der Waals surface area contributed by atoms with Gasteiger partial charge in [-0.3, -0.25) is 18.9 Å². The molecular weight excluding hydrogens is 800 g/mol. The number of nitrogens with one attached hydrogen (secondary N) is 2. The minimum Gasteiger partial charge on any atom is -0.455 e. The van der Waals surface area contributed by atoms with E-state index >= 15 is 0 Å². The molecule has 1 aromatic rings. The van der Waals surface area contributed by atoms with E-state index in [4.69, 9.17) is 28.7 Å². The number of phosphoric ester groups is 1. The summed E-state index contributed by atoms with van der Waals surface area (Å²) < 4.78 is 54.6. The maximum Gasteiger partial charge on any atom is 0.481 e. The number of aromatic amines is 1. The number of hydrogen-bond donors (Lipinski definition) is 9. The van der Waals surface area contributed by atoms with Crippen molar-refractivity contribution >= 4 is 21.6 Å². The number of rotatable bonds is 27. The van der Waals surface area contributed by atoms with Crippen molar-refractivity contribution in [1.82, 2.24) is 14.9 Å². The Hall–Kier alpha value is -1.91. The highest BCUT2D eigenvalue weighted by molar-refractivity contribution is 7.60. The van der Waals surface area contributed by atoms with Crippen LogP contribution in [0, 0.1) is 0 Å². The van der Waals surface area contributed by atoms with Gasteiger partial charge in [-0.1, -0.05) is 90.4 Å². The van der Waals surface area contributed by atoms with Crippen LogP contribution in [0.15, 0.2) is 21.9 Å². The van der Waals surface area contributed by atoms with E-state index in [-0.39, 0.29) is 0 Å². The summed E-state index contributed by atoms with van der Waals surface area (Å²) in [6.45, 7) is 2.07. The fraction of sp³-hybridized carbons (Fsp3) is 0.853. The fourth-order valence-corrected chi connectivity index (χ4v) is 8.35. The van der Waals surface area contributed by atoms with Gasteiger partial charge < -0.3 is 59.4 Å². The second-order valence-electron chi connectivity index (χ2n) is 14.4. The first kappa shape index (κ1) is 49.5. The van der Waals surface area contributed by atoms with Gasteiger partial charge in [-0.05, 0) is 19.9 Å². The fourth-order valence-electron chi connectivity index (χ4n) is 6.76. The van der Waals surface area contributed by atoms with Gasteiger partial charge in [0.25, 0.3) is 5.56 Å². The van der Waals surface area contributed by atoms with E-state index in [1.165, 1.54) is 64.7 Å². The highest BCUT2D eigenvalue weighted by atomic mass is 31.3. The van der Waals surface area contributed by atoms with E-state index in [9.17, 15) is 48.8 Å². The van der Waals surface area contributed by atoms with Gasteiger partial charge in [0.1, 0.15) is 30.5 Å². The van der Waals surface area contributed by atoms with Gasteiger partial charge >= 0.3 is 27.3 Å². The average Bonchev–Trinajstić information content (AvgIpc) is 3.43. The van der Waals surface area contributed by atoms with Crippen molar-refractivity contribution in [3.63, 3.8) is 0 Å². The van der Waals surface area contributed by atoms with Gasteiger partial charge in [0.05, 0.1) is 19.3 Å². The molecule has 57 heavy (non-hydrogen) atoms. The van der Waals surface area contributed by atoms with E-state index in [1.54, 1.807) is 0 Å². The smallest absolute Gasteiger partial charge is 0.455 e. The normalized spacial score (nSPS) is 28.3. The molecule has 2 unspecified atom stereocenters. The number of H-pyrrole nitrogens is 1. The van der Waals surface area contributed by atoms with Crippen molar-refractivity contribution in [3.8, 4) is 0 Å².